The van der Waals surface area contributed by atoms with E-state index in [2.05, 4.69) is 10.3 Å². The summed E-state index contributed by atoms with van der Waals surface area (Å²) in [4.78, 5) is 30.3. The minimum atomic E-state index is -0.587. The molecule has 0 bridgehead atoms. The molecule has 0 aliphatic carbocycles. The van der Waals surface area contributed by atoms with Crippen LogP contribution in [-0.4, -0.2) is 34.0 Å². The minimum absolute atomic E-state index is 0.0951. The minimum Gasteiger partial charge on any atom is -0.494 e. The predicted molar refractivity (Wildman–Crippen MR) is 121 cm³/mol. The second-order valence-corrected chi connectivity index (χ2v) is 8.03. The molecule has 0 unspecified atom stereocenters. The number of benzene rings is 2. The van der Waals surface area contributed by atoms with E-state index in [1.807, 2.05) is 13.8 Å². The molecule has 6 nitrogen and oxygen atoms in total. The highest BCUT2D eigenvalue weighted by atomic mass is 35.5. The van der Waals surface area contributed by atoms with E-state index < -0.39 is 11.4 Å². The van der Waals surface area contributed by atoms with Gasteiger partial charge in [-0.2, -0.15) is 0 Å². The highest BCUT2D eigenvalue weighted by Gasteiger charge is 2.17. The lowest BCUT2D eigenvalue weighted by molar-refractivity contribution is -0.122. The Hall–Kier alpha value is -2.64. The van der Waals surface area contributed by atoms with Gasteiger partial charge in [0.15, 0.2) is 0 Å². The number of fused-ring (bicyclic) bond motifs is 1. The summed E-state index contributed by atoms with van der Waals surface area (Å²) in [5.41, 5.74) is 0.429. The van der Waals surface area contributed by atoms with Crippen LogP contribution in [-0.2, 0) is 11.3 Å². The van der Waals surface area contributed by atoms with Gasteiger partial charge in [0.1, 0.15) is 23.9 Å². The highest BCUT2D eigenvalue weighted by Crippen LogP contribution is 2.25. The molecule has 2 aromatic carbocycles. The molecule has 0 saturated heterocycles. The van der Waals surface area contributed by atoms with Crippen LogP contribution >= 0.6 is 23.2 Å². The smallest absolute Gasteiger partial charge is 0.262 e. The monoisotopic (exact) mass is 465 g/mol. The molecule has 1 N–H and O–H groups in total. The zero-order valence-corrected chi connectivity index (χ0v) is 18.6. The molecule has 0 fully saturated rings. The number of nitrogens with one attached hydrogen (secondary N) is 1. The topological polar surface area (TPSA) is 73.2 Å². The van der Waals surface area contributed by atoms with Gasteiger partial charge in [0.05, 0.1) is 22.5 Å². The molecule has 0 spiro atoms. The van der Waals surface area contributed by atoms with Crippen LogP contribution < -0.4 is 15.6 Å². The average molecular weight is 466 g/mol. The molecule has 31 heavy (non-hydrogen) atoms. The molecule has 0 aliphatic heterocycles. The molecule has 0 atom stereocenters. The average Bonchev–Trinajstić information content (AvgIpc) is 2.72. The summed E-state index contributed by atoms with van der Waals surface area (Å²) in [6.07, 6.45) is 0.668. The number of halogens is 3. The van der Waals surface area contributed by atoms with Gasteiger partial charge in [-0.15, -0.1) is 11.6 Å². The van der Waals surface area contributed by atoms with E-state index in [1.165, 1.54) is 22.8 Å². The Morgan fingerprint density at radius 3 is 2.71 bits per heavy atom. The van der Waals surface area contributed by atoms with Gasteiger partial charge >= 0.3 is 0 Å². The number of hydrogen-bond donors (Lipinski definition) is 1. The number of carbonyl (C=O) groups excluding carboxylic acids is 1. The molecule has 0 aliphatic rings. The quantitative estimate of drug-likeness (QED) is 0.395. The third-order valence-electron chi connectivity index (χ3n) is 4.40. The van der Waals surface area contributed by atoms with Crippen LogP contribution in [0.2, 0.25) is 5.02 Å². The van der Waals surface area contributed by atoms with Gasteiger partial charge in [-0.3, -0.25) is 14.2 Å². The van der Waals surface area contributed by atoms with Crippen molar-refractivity contribution >= 4 is 40.0 Å². The first-order chi connectivity index (χ1) is 14.8. The van der Waals surface area contributed by atoms with Crippen LogP contribution in [0.3, 0.4) is 0 Å². The Morgan fingerprint density at radius 2 is 2.03 bits per heavy atom. The van der Waals surface area contributed by atoms with Gasteiger partial charge in [-0.1, -0.05) is 11.6 Å². The van der Waals surface area contributed by atoms with Crippen molar-refractivity contribution in [3.05, 3.63) is 57.6 Å². The number of carbonyl (C=O) groups is 1. The highest BCUT2D eigenvalue weighted by molar-refractivity contribution is 6.31. The molecule has 9 heteroatoms. The lowest BCUT2D eigenvalue weighted by Gasteiger charge is -2.16. The maximum Gasteiger partial charge on any atom is 0.262 e. The molecule has 3 rings (SSSR count). The normalized spacial score (nSPS) is 11.2. The summed E-state index contributed by atoms with van der Waals surface area (Å²) >= 11 is 11.6. The Labute approximate surface area is 188 Å². The van der Waals surface area contributed by atoms with Crippen molar-refractivity contribution in [2.24, 2.45) is 0 Å². The maximum atomic E-state index is 13.7. The molecule has 3 aromatic rings. The van der Waals surface area contributed by atoms with Gasteiger partial charge in [-0.25, -0.2) is 9.37 Å². The molecule has 1 heterocycles. The van der Waals surface area contributed by atoms with Gasteiger partial charge in [0.2, 0.25) is 5.91 Å². The number of alkyl halides is 1. The zero-order chi connectivity index (χ0) is 22.5. The summed E-state index contributed by atoms with van der Waals surface area (Å²) in [6, 6.07) is 8.92. The van der Waals surface area contributed by atoms with Crippen molar-refractivity contribution < 1.29 is 13.9 Å². The van der Waals surface area contributed by atoms with Gasteiger partial charge < -0.3 is 10.1 Å². The molecular formula is C22H22Cl2FN3O3. The van der Waals surface area contributed by atoms with Crippen LogP contribution in [0.4, 0.5) is 4.39 Å². The van der Waals surface area contributed by atoms with Gasteiger partial charge in [-0.05, 0) is 56.7 Å². The van der Waals surface area contributed by atoms with Crippen molar-refractivity contribution in [1.82, 2.24) is 14.9 Å². The Balaban J connectivity index is 2.14. The second-order valence-electron chi connectivity index (χ2n) is 7.25. The molecule has 1 amide bonds. The van der Waals surface area contributed by atoms with E-state index in [0.29, 0.717) is 41.1 Å². The third kappa shape index (κ3) is 5.54. The number of aromatic nitrogens is 2. The van der Waals surface area contributed by atoms with E-state index in [0.717, 1.165) is 0 Å². The van der Waals surface area contributed by atoms with E-state index >= 15 is 0 Å². The Bertz CT molecular complexity index is 1160. The largest absolute Gasteiger partial charge is 0.494 e. The van der Waals surface area contributed by atoms with Crippen LogP contribution in [0.15, 0.2) is 41.2 Å². The fourth-order valence-corrected chi connectivity index (χ4v) is 3.34. The van der Waals surface area contributed by atoms with Crippen molar-refractivity contribution in [3.8, 4) is 17.1 Å². The summed E-state index contributed by atoms with van der Waals surface area (Å²) in [6.45, 7) is 3.82. The van der Waals surface area contributed by atoms with Crippen LogP contribution in [0.1, 0.15) is 20.3 Å². The number of amides is 1. The standard InChI is InChI=1S/C22H22Cl2FN3O3/c1-13(2)26-20(29)12-28-21(14-4-6-18(25)17(24)10-14)27-19-7-5-15(31-9-3-8-23)11-16(19)22(28)30/h4-7,10-11,13H,3,8-9,12H2,1-2H3,(H,26,29). The van der Waals surface area contributed by atoms with Crippen LogP contribution in [0.25, 0.3) is 22.3 Å². The van der Waals surface area contributed by atoms with Crippen LogP contribution in [0, 0.1) is 5.82 Å². The third-order valence-corrected chi connectivity index (χ3v) is 4.96. The second kappa shape index (κ2) is 10.1. The van der Waals surface area contributed by atoms with E-state index in [9.17, 15) is 14.0 Å². The molecule has 0 radical (unpaired) electrons. The number of ether oxygens (including phenoxy) is 1. The Kier molecular flexibility index (Phi) is 7.51. The predicted octanol–water partition coefficient (Wildman–Crippen LogP) is 4.39. The molecular weight excluding hydrogens is 444 g/mol. The Morgan fingerprint density at radius 1 is 1.26 bits per heavy atom. The number of nitrogens with zero attached hydrogens (tertiary/aromatic N) is 2. The summed E-state index contributed by atoms with van der Waals surface area (Å²) in [5.74, 6) is 0.260. The number of rotatable bonds is 8. The summed E-state index contributed by atoms with van der Waals surface area (Å²) < 4.78 is 20.5. The fraction of sp³-hybridized carbons (Fsp3) is 0.318. The zero-order valence-electron chi connectivity index (χ0n) is 17.1. The van der Waals surface area contributed by atoms with E-state index in [1.54, 1.807) is 18.2 Å². The first kappa shape index (κ1) is 23.0. The first-order valence-corrected chi connectivity index (χ1v) is 10.7. The van der Waals surface area contributed by atoms with Crippen LogP contribution in [0.5, 0.6) is 5.75 Å². The van der Waals surface area contributed by atoms with Crippen molar-refractivity contribution in [3.63, 3.8) is 0 Å². The fourth-order valence-electron chi connectivity index (χ4n) is 3.05. The SMILES string of the molecule is CC(C)NC(=O)Cn1c(-c2ccc(F)c(Cl)c2)nc2ccc(OCCCCl)cc2c1=O. The molecule has 1 aromatic heterocycles. The van der Waals surface area contributed by atoms with E-state index in [-0.39, 0.29) is 29.3 Å². The molecule has 164 valence electrons. The lowest BCUT2D eigenvalue weighted by atomic mass is 10.1. The maximum absolute atomic E-state index is 13.7. The van der Waals surface area contributed by atoms with E-state index in [4.69, 9.17) is 27.9 Å². The first-order valence-electron chi connectivity index (χ1n) is 9.78. The summed E-state index contributed by atoms with van der Waals surface area (Å²) in [5, 5.41) is 2.96. The van der Waals surface area contributed by atoms with Crippen molar-refractivity contribution in [2.75, 3.05) is 12.5 Å². The lowest BCUT2D eigenvalue weighted by Crippen LogP contribution is -2.37. The molecule has 0 saturated carbocycles. The van der Waals surface area contributed by atoms with Crippen molar-refractivity contribution in [2.45, 2.75) is 32.9 Å². The number of hydrogen-bond acceptors (Lipinski definition) is 4. The summed E-state index contributed by atoms with van der Waals surface area (Å²) in [7, 11) is 0. The van der Waals surface area contributed by atoms with Gasteiger partial charge in [0, 0.05) is 17.5 Å². The van der Waals surface area contributed by atoms with Crippen molar-refractivity contribution in [1.29, 1.82) is 0 Å². The van der Waals surface area contributed by atoms with Gasteiger partial charge in [0.25, 0.3) is 5.56 Å².